The quantitative estimate of drug-likeness (QED) is 0.687. The molecule has 22 heavy (non-hydrogen) atoms. The molecule has 1 aromatic carbocycles. The second-order valence-corrected chi connectivity index (χ2v) is 5.94. The summed E-state index contributed by atoms with van der Waals surface area (Å²) >= 11 is 1.28. The summed E-state index contributed by atoms with van der Waals surface area (Å²) in [4.78, 5) is 26.6. The first-order chi connectivity index (χ1) is 10.5. The van der Waals surface area contributed by atoms with E-state index in [0.717, 1.165) is 36.7 Å². The van der Waals surface area contributed by atoms with Gasteiger partial charge in [-0.3, -0.25) is 20.2 Å². The van der Waals surface area contributed by atoms with E-state index in [-0.39, 0.29) is 5.56 Å². The van der Waals surface area contributed by atoms with Crippen molar-refractivity contribution in [3.8, 4) is 0 Å². The molecule has 6 nitrogen and oxygen atoms in total. The highest BCUT2D eigenvalue weighted by molar-refractivity contribution is 7.14. The second-order valence-electron chi connectivity index (χ2n) is 5.08. The van der Waals surface area contributed by atoms with Gasteiger partial charge in [0.25, 0.3) is 11.6 Å². The third kappa shape index (κ3) is 2.82. The summed E-state index contributed by atoms with van der Waals surface area (Å²) in [6.45, 7) is 0. The van der Waals surface area contributed by atoms with Crippen molar-refractivity contribution >= 4 is 28.1 Å². The van der Waals surface area contributed by atoms with Crippen molar-refractivity contribution in [2.24, 2.45) is 0 Å². The van der Waals surface area contributed by atoms with E-state index in [0.29, 0.717) is 11.0 Å². The van der Waals surface area contributed by atoms with Crippen molar-refractivity contribution in [2.75, 3.05) is 5.32 Å². The molecule has 0 saturated heterocycles. The second kappa shape index (κ2) is 5.80. The number of benzene rings is 1. The van der Waals surface area contributed by atoms with Gasteiger partial charge in [-0.15, -0.1) is 11.3 Å². The minimum atomic E-state index is -0.778. The molecular weight excluding hydrogens is 309 g/mol. The summed E-state index contributed by atoms with van der Waals surface area (Å²) in [7, 11) is 0. The maximum Gasteiger partial charge on any atom is 0.285 e. The molecule has 3 rings (SSSR count). The lowest BCUT2D eigenvalue weighted by Crippen LogP contribution is -2.14. The van der Waals surface area contributed by atoms with Gasteiger partial charge in [0.1, 0.15) is 11.4 Å². The number of rotatable bonds is 4. The van der Waals surface area contributed by atoms with Crippen LogP contribution in [0.4, 0.5) is 15.2 Å². The summed E-state index contributed by atoms with van der Waals surface area (Å²) < 4.78 is 13.1. The monoisotopic (exact) mass is 321 g/mol. The van der Waals surface area contributed by atoms with Crippen LogP contribution in [0.15, 0.2) is 23.6 Å². The molecule has 1 heterocycles. The topological polar surface area (TPSA) is 85.1 Å². The smallest absolute Gasteiger partial charge is 0.285 e. The molecule has 0 bridgehead atoms. The van der Waals surface area contributed by atoms with E-state index in [1.54, 1.807) is 0 Å². The zero-order valence-electron chi connectivity index (χ0n) is 11.4. The highest BCUT2D eigenvalue weighted by Crippen LogP contribution is 2.37. The van der Waals surface area contributed by atoms with Gasteiger partial charge in [-0.2, -0.15) is 0 Å². The first-order valence-corrected chi connectivity index (χ1v) is 7.63. The Morgan fingerprint density at radius 1 is 1.45 bits per heavy atom. The summed E-state index contributed by atoms with van der Waals surface area (Å²) in [5.74, 6) is -0.979. The lowest BCUT2D eigenvalue weighted by molar-refractivity contribution is -0.385. The summed E-state index contributed by atoms with van der Waals surface area (Å²) in [5, 5.41) is 15.7. The fourth-order valence-corrected chi connectivity index (χ4v) is 3.03. The molecule has 1 aromatic heterocycles. The molecule has 8 heteroatoms. The van der Waals surface area contributed by atoms with Crippen LogP contribution in [0.1, 0.15) is 41.2 Å². The van der Waals surface area contributed by atoms with Crippen LogP contribution < -0.4 is 5.32 Å². The molecule has 2 aromatic rings. The van der Waals surface area contributed by atoms with Crippen LogP contribution in [0, 0.1) is 15.9 Å². The number of nitro benzene ring substituents is 1. The summed E-state index contributed by atoms with van der Waals surface area (Å²) in [6.07, 6.45) is 3.38. The number of amides is 1. The number of halogens is 1. The third-order valence-corrected chi connectivity index (χ3v) is 4.44. The fraction of sp³-hybridized carbons (Fsp3) is 0.286. The van der Waals surface area contributed by atoms with E-state index >= 15 is 0 Å². The first-order valence-electron chi connectivity index (χ1n) is 6.75. The minimum Gasteiger partial charge on any atom is -0.298 e. The maximum atomic E-state index is 13.1. The largest absolute Gasteiger partial charge is 0.298 e. The van der Waals surface area contributed by atoms with Crippen LogP contribution in [-0.4, -0.2) is 15.8 Å². The van der Waals surface area contributed by atoms with Gasteiger partial charge in [0, 0.05) is 11.3 Å². The van der Waals surface area contributed by atoms with Crippen molar-refractivity contribution < 1.29 is 14.1 Å². The summed E-state index contributed by atoms with van der Waals surface area (Å²) in [5.41, 5.74) is 0.195. The molecule has 1 amide bonds. The lowest BCUT2D eigenvalue weighted by atomic mass is 9.83. The normalized spacial score (nSPS) is 14.4. The molecule has 1 N–H and O–H groups in total. The van der Waals surface area contributed by atoms with Crippen molar-refractivity contribution in [2.45, 2.75) is 25.2 Å². The molecule has 0 spiro atoms. The van der Waals surface area contributed by atoms with Gasteiger partial charge >= 0.3 is 0 Å². The molecule has 0 atom stereocenters. The number of carbonyl (C=O) groups excluding carboxylic acids is 1. The van der Waals surface area contributed by atoms with Crippen molar-refractivity contribution in [1.29, 1.82) is 0 Å². The van der Waals surface area contributed by atoms with Crippen molar-refractivity contribution in [3.63, 3.8) is 0 Å². The zero-order valence-corrected chi connectivity index (χ0v) is 12.2. The lowest BCUT2D eigenvalue weighted by Gasteiger charge is -2.22. The predicted octanol–water partition coefficient (Wildman–Crippen LogP) is 3.71. The van der Waals surface area contributed by atoms with E-state index in [9.17, 15) is 19.3 Å². The van der Waals surface area contributed by atoms with Gasteiger partial charge in [0.2, 0.25) is 0 Å². The van der Waals surface area contributed by atoms with Crippen LogP contribution in [0.2, 0.25) is 0 Å². The molecular formula is C14H12FN3O3S. The molecule has 0 radical (unpaired) electrons. The predicted molar refractivity (Wildman–Crippen MR) is 79.7 cm³/mol. The van der Waals surface area contributed by atoms with Crippen LogP contribution in [0.25, 0.3) is 0 Å². The number of nitrogens with zero attached hydrogens (tertiary/aromatic N) is 2. The Bertz CT molecular complexity index is 743. The van der Waals surface area contributed by atoms with Crippen LogP contribution in [0.3, 0.4) is 0 Å². The first kappa shape index (κ1) is 14.6. The highest BCUT2D eigenvalue weighted by atomic mass is 32.1. The molecule has 1 fully saturated rings. The number of hydrogen-bond donors (Lipinski definition) is 1. The Morgan fingerprint density at radius 3 is 2.86 bits per heavy atom. The Morgan fingerprint density at radius 2 is 2.23 bits per heavy atom. The van der Waals surface area contributed by atoms with Gasteiger partial charge in [0.05, 0.1) is 16.7 Å². The van der Waals surface area contributed by atoms with Crippen molar-refractivity contribution in [3.05, 3.63) is 50.8 Å². The Labute approximate surface area is 129 Å². The molecule has 1 aliphatic carbocycles. The Hall–Kier alpha value is -2.35. The fourth-order valence-electron chi connectivity index (χ4n) is 2.25. The molecule has 114 valence electrons. The van der Waals surface area contributed by atoms with Crippen LogP contribution in [0.5, 0.6) is 0 Å². The van der Waals surface area contributed by atoms with E-state index in [1.165, 1.54) is 17.8 Å². The van der Waals surface area contributed by atoms with Crippen LogP contribution in [-0.2, 0) is 0 Å². The standard InChI is InChI=1S/C14H12FN3O3S/c15-9-4-5-10(12(6-9)18(20)21)13(19)17-14-16-11(7-22-14)8-2-1-3-8/h4-8H,1-3H2,(H,16,17,19). The number of anilines is 1. The van der Waals surface area contributed by atoms with Crippen LogP contribution >= 0.6 is 11.3 Å². The molecule has 0 aliphatic heterocycles. The third-order valence-electron chi connectivity index (χ3n) is 3.67. The number of thiazole rings is 1. The minimum absolute atomic E-state index is 0.188. The molecule has 1 aliphatic rings. The van der Waals surface area contributed by atoms with E-state index in [1.807, 2.05) is 5.38 Å². The summed E-state index contributed by atoms with van der Waals surface area (Å²) in [6, 6.07) is 2.85. The average molecular weight is 321 g/mol. The molecule has 1 saturated carbocycles. The molecule has 0 unspecified atom stereocenters. The number of nitrogens with one attached hydrogen (secondary N) is 1. The van der Waals surface area contributed by atoms with Gasteiger partial charge in [0.15, 0.2) is 5.13 Å². The van der Waals surface area contributed by atoms with E-state index in [2.05, 4.69) is 10.3 Å². The van der Waals surface area contributed by atoms with E-state index < -0.39 is 22.3 Å². The Balaban J connectivity index is 1.79. The van der Waals surface area contributed by atoms with E-state index in [4.69, 9.17) is 0 Å². The number of hydrogen-bond acceptors (Lipinski definition) is 5. The van der Waals surface area contributed by atoms with Crippen molar-refractivity contribution in [1.82, 2.24) is 4.98 Å². The highest BCUT2D eigenvalue weighted by Gasteiger charge is 2.24. The number of aromatic nitrogens is 1. The van der Waals surface area contributed by atoms with Gasteiger partial charge < -0.3 is 0 Å². The number of carbonyl (C=O) groups is 1. The maximum absolute atomic E-state index is 13.1. The zero-order chi connectivity index (χ0) is 15.7. The number of nitro groups is 1. The average Bonchev–Trinajstić information content (AvgIpc) is 2.84. The van der Waals surface area contributed by atoms with Gasteiger partial charge in [-0.05, 0) is 25.0 Å². The SMILES string of the molecule is O=C(Nc1nc(C2CCC2)cs1)c1ccc(F)cc1[N+](=O)[O-]. The van der Waals surface area contributed by atoms with Gasteiger partial charge in [-0.1, -0.05) is 6.42 Å². The van der Waals surface area contributed by atoms with Gasteiger partial charge in [-0.25, -0.2) is 9.37 Å². The Kier molecular flexibility index (Phi) is 3.84.